The fourth-order valence-electron chi connectivity index (χ4n) is 3.91. The van der Waals surface area contributed by atoms with E-state index in [4.69, 9.17) is 10.00 Å². The Kier molecular flexibility index (Phi) is 6.91. The molecule has 1 aliphatic rings. The number of hydrogen-bond acceptors (Lipinski definition) is 5. The summed E-state index contributed by atoms with van der Waals surface area (Å²) in [5, 5.41) is 8.93. The molecule has 30 heavy (non-hydrogen) atoms. The van der Waals surface area contributed by atoms with Crippen LogP contribution in [0.2, 0.25) is 0 Å². The predicted octanol–water partition coefficient (Wildman–Crippen LogP) is 3.03. The second-order valence-electron chi connectivity index (χ2n) is 7.58. The van der Waals surface area contributed by atoms with Crippen LogP contribution in [-0.4, -0.2) is 59.4 Å². The molecule has 7 heteroatoms. The summed E-state index contributed by atoms with van der Waals surface area (Å²) in [4.78, 5) is 32.6. The largest absolute Gasteiger partial charge is 0.462 e. The zero-order valence-corrected chi connectivity index (χ0v) is 17.8. The number of carbonyl (C=O) groups excluding carboxylic acids is 2. The van der Waals surface area contributed by atoms with Gasteiger partial charge in [-0.2, -0.15) is 5.26 Å². The molecule has 3 rings (SSSR count). The minimum Gasteiger partial charge on any atom is -0.462 e. The Balaban J connectivity index is 1.66. The molecule has 0 radical (unpaired) electrons. The summed E-state index contributed by atoms with van der Waals surface area (Å²) in [6, 6.07) is 9.76. The van der Waals surface area contributed by atoms with Gasteiger partial charge in [0.05, 0.1) is 23.8 Å². The van der Waals surface area contributed by atoms with Gasteiger partial charge in [0.1, 0.15) is 5.69 Å². The number of esters is 1. The molecule has 1 amide bonds. The number of nitrogens with one attached hydrogen (secondary N) is 1. The SMILES string of the molecule is CCOC(=O)c1c(C)[nH]c(C(=O)N2CCCN(Cc3ccc(C#N)cc3)CC2)c1C. The number of aromatic amines is 1. The van der Waals surface area contributed by atoms with Crippen LogP contribution in [0.1, 0.15) is 56.6 Å². The number of nitrogens with zero attached hydrogens (tertiary/aromatic N) is 3. The Hall–Kier alpha value is -3.11. The molecule has 0 aliphatic carbocycles. The first-order valence-corrected chi connectivity index (χ1v) is 10.3. The number of H-pyrrole nitrogens is 1. The number of aryl methyl sites for hydroxylation is 1. The van der Waals surface area contributed by atoms with E-state index >= 15 is 0 Å². The first-order chi connectivity index (χ1) is 14.4. The van der Waals surface area contributed by atoms with Gasteiger partial charge >= 0.3 is 5.97 Å². The molecule has 7 nitrogen and oxygen atoms in total. The number of rotatable bonds is 5. The fourth-order valence-corrected chi connectivity index (χ4v) is 3.91. The van der Waals surface area contributed by atoms with Crippen LogP contribution in [0.4, 0.5) is 0 Å². The maximum Gasteiger partial charge on any atom is 0.340 e. The lowest BCUT2D eigenvalue weighted by molar-refractivity contribution is 0.0525. The highest BCUT2D eigenvalue weighted by Gasteiger charge is 2.27. The number of nitriles is 1. The Bertz CT molecular complexity index is 956. The second-order valence-corrected chi connectivity index (χ2v) is 7.58. The number of carbonyl (C=O) groups is 2. The highest BCUT2D eigenvalue weighted by molar-refractivity contribution is 6.00. The van der Waals surface area contributed by atoms with Crippen molar-refractivity contribution in [3.05, 3.63) is 57.9 Å². The zero-order valence-electron chi connectivity index (χ0n) is 17.8. The van der Waals surface area contributed by atoms with Crippen molar-refractivity contribution in [3.8, 4) is 6.07 Å². The number of aromatic nitrogens is 1. The molecule has 1 N–H and O–H groups in total. The standard InChI is InChI=1S/C23H28N4O3/c1-4-30-23(29)20-16(2)21(25-17(20)3)22(28)27-11-5-10-26(12-13-27)15-19-8-6-18(14-24)7-9-19/h6-9,25H,4-5,10-13,15H2,1-3H3. The molecule has 2 aromatic rings. The fraction of sp³-hybridized carbons (Fsp3) is 0.435. The van der Waals surface area contributed by atoms with Gasteiger partial charge in [0.2, 0.25) is 0 Å². The maximum atomic E-state index is 13.1. The normalized spacial score (nSPS) is 14.8. The van der Waals surface area contributed by atoms with Crippen LogP contribution < -0.4 is 0 Å². The summed E-state index contributed by atoms with van der Waals surface area (Å²) in [5.74, 6) is -0.473. The van der Waals surface area contributed by atoms with Gasteiger partial charge in [-0.25, -0.2) is 4.79 Å². The van der Waals surface area contributed by atoms with E-state index in [-0.39, 0.29) is 5.91 Å². The summed E-state index contributed by atoms with van der Waals surface area (Å²) in [7, 11) is 0. The van der Waals surface area contributed by atoms with E-state index < -0.39 is 5.97 Å². The monoisotopic (exact) mass is 408 g/mol. The number of amides is 1. The van der Waals surface area contributed by atoms with Crippen LogP contribution in [0.15, 0.2) is 24.3 Å². The van der Waals surface area contributed by atoms with Gasteiger partial charge in [0.15, 0.2) is 0 Å². The van der Waals surface area contributed by atoms with Crippen LogP contribution in [-0.2, 0) is 11.3 Å². The molecule has 2 heterocycles. The molecule has 0 saturated carbocycles. The number of benzene rings is 1. The topological polar surface area (TPSA) is 89.4 Å². The van der Waals surface area contributed by atoms with Crippen molar-refractivity contribution >= 4 is 11.9 Å². The van der Waals surface area contributed by atoms with Crippen molar-refractivity contribution in [1.29, 1.82) is 5.26 Å². The predicted molar refractivity (Wildman–Crippen MR) is 113 cm³/mol. The summed E-state index contributed by atoms with van der Waals surface area (Å²) >= 11 is 0. The first-order valence-electron chi connectivity index (χ1n) is 10.3. The Morgan fingerprint density at radius 2 is 1.87 bits per heavy atom. The second kappa shape index (κ2) is 9.59. The summed E-state index contributed by atoms with van der Waals surface area (Å²) in [6.45, 7) is 9.42. The highest BCUT2D eigenvalue weighted by Crippen LogP contribution is 2.21. The molecular weight excluding hydrogens is 380 g/mol. The van der Waals surface area contributed by atoms with E-state index in [1.54, 1.807) is 20.8 Å². The maximum absolute atomic E-state index is 13.1. The molecule has 0 spiro atoms. The Morgan fingerprint density at radius 3 is 2.53 bits per heavy atom. The smallest absolute Gasteiger partial charge is 0.340 e. The molecule has 0 unspecified atom stereocenters. The van der Waals surface area contributed by atoms with Gasteiger partial charge in [-0.3, -0.25) is 9.69 Å². The first kappa shape index (κ1) is 21.6. The van der Waals surface area contributed by atoms with Gasteiger partial charge < -0.3 is 14.6 Å². The lowest BCUT2D eigenvalue weighted by atomic mass is 10.1. The van der Waals surface area contributed by atoms with Crippen LogP contribution in [0, 0.1) is 25.2 Å². The minimum absolute atomic E-state index is 0.0774. The minimum atomic E-state index is -0.396. The molecule has 1 saturated heterocycles. The van der Waals surface area contributed by atoms with E-state index in [2.05, 4.69) is 16.0 Å². The van der Waals surface area contributed by atoms with Crippen molar-refractivity contribution in [2.24, 2.45) is 0 Å². The van der Waals surface area contributed by atoms with E-state index in [0.29, 0.717) is 47.8 Å². The molecule has 1 fully saturated rings. The van der Waals surface area contributed by atoms with E-state index in [1.807, 2.05) is 29.2 Å². The lowest BCUT2D eigenvalue weighted by Gasteiger charge is -2.22. The van der Waals surface area contributed by atoms with Crippen molar-refractivity contribution in [2.45, 2.75) is 33.7 Å². The molecule has 1 aromatic carbocycles. The summed E-state index contributed by atoms with van der Waals surface area (Å²) < 4.78 is 5.13. The molecule has 1 aliphatic heterocycles. The van der Waals surface area contributed by atoms with Crippen molar-refractivity contribution in [1.82, 2.24) is 14.8 Å². The highest BCUT2D eigenvalue weighted by atomic mass is 16.5. The molecular formula is C23H28N4O3. The number of hydrogen-bond donors (Lipinski definition) is 1. The average molecular weight is 409 g/mol. The summed E-state index contributed by atoms with van der Waals surface area (Å²) in [6.07, 6.45) is 0.880. The Labute approximate surface area is 177 Å². The summed E-state index contributed by atoms with van der Waals surface area (Å²) in [5.41, 5.74) is 4.05. The molecule has 0 atom stereocenters. The van der Waals surface area contributed by atoms with E-state index in [0.717, 1.165) is 31.6 Å². The van der Waals surface area contributed by atoms with E-state index in [9.17, 15) is 9.59 Å². The Morgan fingerprint density at radius 1 is 1.13 bits per heavy atom. The van der Waals surface area contributed by atoms with Crippen LogP contribution >= 0.6 is 0 Å². The van der Waals surface area contributed by atoms with Gasteiger partial charge in [0, 0.05) is 38.4 Å². The lowest BCUT2D eigenvalue weighted by Crippen LogP contribution is -2.35. The third-order valence-electron chi connectivity index (χ3n) is 5.50. The zero-order chi connectivity index (χ0) is 21.7. The number of ether oxygens (including phenoxy) is 1. The van der Waals surface area contributed by atoms with Gasteiger partial charge in [0.25, 0.3) is 5.91 Å². The van der Waals surface area contributed by atoms with Crippen molar-refractivity contribution < 1.29 is 14.3 Å². The quantitative estimate of drug-likeness (QED) is 0.768. The molecule has 158 valence electrons. The van der Waals surface area contributed by atoms with Crippen LogP contribution in [0.25, 0.3) is 0 Å². The van der Waals surface area contributed by atoms with Crippen molar-refractivity contribution in [3.63, 3.8) is 0 Å². The van der Waals surface area contributed by atoms with Crippen molar-refractivity contribution in [2.75, 3.05) is 32.8 Å². The average Bonchev–Trinajstić information content (AvgIpc) is 2.89. The van der Waals surface area contributed by atoms with E-state index in [1.165, 1.54) is 0 Å². The third kappa shape index (κ3) is 4.71. The molecule has 0 bridgehead atoms. The van der Waals surface area contributed by atoms with Crippen LogP contribution in [0.3, 0.4) is 0 Å². The van der Waals surface area contributed by atoms with Gasteiger partial charge in [-0.05, 0) is 50.5 Å². The molecule has 1 aromatic heterocycles. The van der Waals surface area contributed by atoms with Crippen LogP contribution in [0.5, 0.6) is 0 Å². The van der Waals surface area contributed by atoms with Gasteiger partial charge in [-0.1, -0.05) is 12.1 Å². The third-order valence-corrected chi connectivity index (χ3v) is 5.50. The van der Waals surface area contributed by atoms with Gasteiger partial charge in [-0.15, -0.1) is 0 Å².